The van der Waals surface area contributed by atoms with Crippen LogP contribution in [0.5, 0.6) is 11.5 Å². The monoisotopic (exact) mass is 306 g/mol. The van der Waals surface area contributed by atoms with Crippen LogP contribution in [0.2, 0.25) is 0 Å². The van der Waals surface area contributed by atoms with Crippen LogP contribution in [0.3, 0.4) is 0 Å². The molecule has 0 radical (unpaired) electrons. The molecule has 0 aliphatic carbocycles. The van der Waals surface area contributed by atoms with E-state index in [-0.39, 0.29) is 6.03 Å². The molecular weight excluding hydrogens is 280 g/mol. The van der Waals surface area contributed by atoms with Gasteiger partial charge in [-0.15, -0.1) is 0 Å². The normalized spacial score (nSPS) is 14.7. The third kappa shape index (κ3) is 3.84. The topological polar surface area (TPSA) is 50.8 Å². The molecule has 1 aliphatic heterocycles. The van der Waals surface area contributed by atoms with Crippen molar-refractivity contribution in [2.75, 3.05) is 31.7 Å². The second-order valence-corrected chi connectivity index (χ2v) is 5.58. The molecule has 2 amide bonds. The molecule has 5 heteroatoms. The highest BCUT2D eigenvalue weighted by molar-refractivity contribution is 5.93. The first-order valence-electron chi connectivity index (χ1n) is 8.04. The maximum atomic E-state index is 12.1. The molecule has 1 saturated heterocycles. The number of hydrogen-bond donors (Lipinski definition) is 1. The number of urea groups is 1. The molecule has 122 valence electrons. The maximum Gasteiger partial charge on any atom is 0.321 e. The van der Waals surface area contributed by atoms with Crippen LogP contribution < -0.4 is 19.7 Å². The van der Waals surface area contributed by atoms with Gasteiger partial charge >= 0.3 is 6.03 Å². The van der Waals surface area contributed by atoms with Crippen LogP contribution in [0, 0.1) is 6.92 Å². The lowest BCUT2D eigenvalue weighted by molar-refractivity contribution is 0.242. The Labute approximate surface area is 132 Å². The largest absolute Gasteiger partial charge is 0.493 e. The molecule has 0 spiro atoms. The minimum atomic E-state index is -0.0450. The second-order valence-electron chi connectivity index (χ2n) is 5.58. The van der Waals surface area contributed by atoms with Gasteiger partial charge in [0.05, 0.1) is 19.4 Å². The number of amides is 2. The van der Waals surface area contributed by atoms with Gasteiger partial charge in [-0.05, 0) is 31.4 Å². The predicted octanol–water partition coefficient (Wildman–Crippen LogP) is 3.49. The fraction of sp³-hybridized carbons (Fsp3) is 0.588. The first kappa shape index (κ1) is 16.5. The fourth-order valence-corrected chi connectivity index (χ4v) is 2.61. The number of benzene rings is 1. The van der Waals surface area contributed by atoms with E-state index in [0.717, 1.165) is 55.8 Å². The van der Waals surface area contributed by atoms with Crippen molar-refractivity contribution in [2.45, 2.75) is 39.5 Å². The zero-order chi connectivity index (χ0) is 15.9. The van der Waals surface area contributed by atoms with Crippen LogP contribution in [0.1, 0.15) is 38.2 Å². The quantitative estimate of drug-likeness (QED) is 0.785. The molecule has 1 aromatic rings. The molecule has 1 heterocycles. The fourth-order valence-electron chi connectivity index (χ4n) is 2.61. The number of aryl methyl sites for hydroxylation is 1. The minimum Gasteiger partial charge on any atom is -0.493 e. The third-order valence-electron chi connectivity index (χ3n) is 3.86. The van der Waals surface area contributed by atoms with Gasteiger partial charge in [0.25, 0.3) is 0 Å². The number of hydrogen-bond acceptors (Lipinski definition) is 3. The van der Waals surface area contributed by atoms with Gasteiger partial charge in [0.1, 0.15) is 0 Å². The number of carbonyl (C=O) groups excluding carboxylic acids is 1. The molecule has 1 N–H and O–H groups in total. The molecule has 22 heavy (non-hydrogen) atoms. The molecule has 0 bridgehead atoms. The van der Waals surface area contributed by atoms with E-state index in [0.29, 0.717) is 12.4 Å². The number of methoxy groups -OCH3 is 1. The number of nitrogens with zero attached hydrogens (tertiary/aromatic N) is 1. The zero-order valence-electron chi connectivity index (χ0n) is 13.8. The molecule has 0 aromatic heterocycles. The summed E-state index contributed by atoms with van der Waals surface area (Å²) in [4.78, 5) is 13.8. The van der Waals surface area contributed by atoms with Crippen molar-refractivity contribution in [1.82, 2.24) is 5.32 Å². The average Bonchev–Trinajstić information content (AvgIpc) is 2.53. The molecule has 2 rings (SSSR count). The Balaban J connectivity index is 2.20. The first-order chi connectivity index (χ1) is 10.7. The van der Waals surface area contributed by atoms with Gasteiger partial charge in [-0.3, -0.25) is 4.90 Å². The lowest BCUT2D eigenvalue weighted by atomic mass is 10.1. The summed E-state index contributed by atoms with van der Waals surface area (Å²) in [5.41, 5.74) is 1.90. The Morgan fingerprint density at radius 2 is 2.09 bits per heavy atom. The van der Waals surface area contributed by atoms with E-state index in [1.165, 1.54) is 0 Å². The summed E-state index contributed by atoms with van der Waals surface area (Å²) in [5.74, 6) is 1.42. The van der Waals surface area contributed by atoms with Crippen LogP contribution in [0.25, 0.3) is 0 Å². The van der Waals surface area contributed by atoms with Crippen LogP contribution in [-0.4, -0.2) is 32.8 Å². The van der Waals surface area contributed by atoms with Crippen LogP contribution in [-0.2, 0) is 0 Å². The summed E-state index contributed by atoms with van der Waals surface area (Å²) in [5, 5.41) is 2.88. The highest BCUT2D eigenvalue weighted by Crippen LogP contribution is 2.35. The number of ether oxygens (including phenoxy) is 2. The van der Waals surface area contributed by atoms with Crippen molar-refractivity contribution in [2.24, 2.45) is 0 Å². The summed E-state index contributed by atoms with van der Waals surface area (Å²) in [6.07, 6.45) is 4.28. The third-order valence-corrected chi connectivity index (χ3v) is 3.86. The van der Waals surface area contributed by atoms with Crippen molar-refractivity contribution >= 4 is 11.7 Å². The maximum absolute atomic E-state index is 12.1. The lowest BCUT2D eigenvalue weighted by Crippen LogP contribution is -2.46. The Hall–Kier alpha value is -1.91. The Morgan fingerprint density at radius 1 is 1.27 bits per heavy atom. The van der Waals surface area contributed by atoms with E-state index in [9.17, 15) is 4.79 Å². The highest BCUT2D eigenvalue weighted by Gasteiger charge is 2.22. The minimum absolute atomic E-state index is 0.0450. The summed E-state index contributed by atoms with van der Waals surface area (Å²) >= 11 is 0. The van der Waals surface area contributed by atoms with E-state index >= 15 is 0 Å². The summed E-state index contributed by atoms with van der Waals surface area (Å²) in [7, 11) is 1.64. The molecule has 5 nitrogen and oxygen atoms in total. The molecule has 0 unspecified atom stereocenters. The molecule has 1 aromatic carbocycles. The smallest absolute Gasteiger partial charge is 0.321 e. The average molecular weight is 306 g/mol. The van der Waals surface area contributed by atoms with E-state index in [1.807, 2.05) is 19.1 Å². The molecule has 0 saturated carbocycles. The van der Waals surface area contributed by atoms with Gasteiger partial charge in [0, 0.05) is 19.2 Å². The Morgan fingerprint density at radius 3 is 2.77 bits per heavy atom. The highest BCUT2D eigenvalue weighted by atomic mass is 16.5. The van der Waals surface area contributed by atoms with Gasteiger partial charge < -0.3 is 14.8 Å². The van der Waals surface area contributed by atoms with Crippen molar-refractivity contribution in [3.05, 3.63) is 17.7 Å². The van der Waals surface area contributed by atoms with E-state index in [1.54, 1.807) is 12.0 Å². The summed E-state index contributed by atoms with van der Waals surface area (Å²) < 4.78 is 11.3. The van der Waals surface area contributed by atoms with Gasteiger partial charge in [0.15, 0.2) is 11.5 Å². The van der Waals surface area contributed by atoms with E-state index in [4.69, 9.17) is 9.47 Å². The number of nitrogens with one attached hydrogen (secondary N) is 1. The van der Waals surface area contributed by atoms with Crippen molar-refractivity contribution in [1.29, 1.82) is 0 Å². The van der Waals surface area contributed by atoms with E-state index in [2.05, 4.69) is 12.2 Å². The van der Waals surface area contributed by atoms with Crippen LogP contribution in [0.15, 0.2) is 12.1 Å². The number of anilines is 1. The summed E-state index contributed by atoms with van der Waals surface area (Å²) in [6, 6.07) is 3.81. The molecular formula is C17H26N2O3. The predicted molar refractivity (Wildman–Crippen MR) is 88.1 cm³/mol. The van der Waals surface area contributed by atoms with E-state index < -0.39 is 0 Å². The molecule has 0 atom stereocenters. The van der Waals surface area contributed by atoms with Crippen molar-refractivity contribution in [3.63, 3.8) is 0 Å². The number of rotatable bonds is 7. The summed E-state index contributed by atoms with van der Waals surface area (Å²) in [6.45, 7) is 6.29. The van der Waals surface area contributed by atoms with Gasteiger partial charge in [-0.25, -0.2) is 4.79 Å². The van der Waals surface area contributed by atoms with Crippen molar-refractivity contribution in [3.8, 4) is 11.5 Å². The lowest BCUT2D eigenvalue weighted by Gasteiger charge is -2.29. The number of carbonyl (C=O) groups is 1. The van der Waals surface area contributed by atoms with Gasteiger partial charge in [-0.1, -0.05) is 19.8 Å². The molecule has 1 fully saturated rings. The van der Waals surface area contributed by atoms with Crippen molar-refractivity contribution < 1.29 is 14.3 Å². The Kier molecular flexibility index (Phi) is 5.92. The standard InChI is InChI=1S/C17H26N2O3/c1-4-5-6-10-22-16-12-14(13(2)11-15(16)21-3)19-9-7-8-18-17(19)20/h11-12H,4-10H2,1-3H3,(H,18,20). The SMILES string of the molecule is CCCCCOc1cc(N2CCCNC2=O)c(C)cc1OC. The first-order valence-corrected chi connectivity index (χ1v) is 8.04. The van der Waals surface area contributed by atoms with Crippen LogP contribution >= 0.6 is 0 Å². The van der Waals surface area contributed by atoms with Gasteiger partial charge in [0.2, 0.25) is 0 Å². The Bertz CT molecular complexity index is 517. The second kappa shape index (κ2) is 7.92. The molecule has 1 aliphatic rings. The van der Waals surface area contributed by atoms with Gasteiger partial charge in [-0.2, -0.15) is 0 Å². The number of unbranched alkanes of at least 4 members (excludes halogenated alkanes) is 2. The zero-order valence-corrected chi connectivity index (χ0v) is 13.8. The van der Waals surface area contributed by atoms with Crippen LogP contribution in [0.4, 0.5) is 10.5 Å².